The number of benzene rings is 1. The van der Waals surface area contributed by atoms with Crippen molar-refractivity contribution in [2.75, 3.05) is 11.9 Å². The van der Waals surface area contributed by atoms with Gasteiger partial charge in [0, 0.05) is 18.1 Å². The maximum absolute atomic E-state index is 12.9. The lowest BCUT2D eigenvalue weighted by Crippen LogP contribution is -2.56. The van der Waals surface area contributed by atoms with Gasteiger partial charge in [0.15, 0.2) is 6.23 Å². The predicted octanol–water partition coefficient (Wildman–Crippen LogP) is 2.02. The number of alkyl halides is 3. The predicted molar refractivity (Wildman–Crippen MR) is 80.4 cm³/mol. The quantitative estimate of drug-likeness (QED) is 0.857. The third-order valence-corrected chi connectivity index (χ3v) is 4.69. The number of fused-ring (bicyclic) bond motifs is 1. The smallest absolute Gasteiger partial charge is 0.370 e. The summed E-state index contributed by atoms with van der Waals surface area (Å²) < 4.78 is 43.6. The van der Waals surface area contributed by atoms with Gasteiger partial charge in [0.1, 0.15) is 12.3 Å². The van der Waals surface area contributed by atoms with Gasteiger partial charge >= 0.3 is 6.18 Å². The van der Waals surface area contributed by atoms with Gasteiger partial charge in [-0.2, -0.15) is 17.5 Å². The highest BCUT2D eigenvalue weighted by Crippen LogP contribution is 2.36. The molecule has 6 nitrogen and oxygen atoms in total. The van der Waals surface area contributed by atoms with Crippen LogP contribution in [0.25, 0.3) is 10.1 Å². The molecule has 2 heterocycles. The molecule has 1 aliphatic rings. The third-order valence-electron chi connectivity index (χ3n) is 3.82. The van der Waals surface area contributed by atoms with Crippen molar-refractivity contribution in [1.82, 2.24) is 9.27 Å². The summed E-state index contributed by atoms with van der Waals surface area (Å²) in [5.41, 5.74) is -0.531. The van der Waals surface area contributed by atoms with Gasteiger partial charge in [-0.25, -0.2) is 5.11 Å². The Balaban J connectivity index is 2.04. The van der Waals surface area contributed by atoms with Crippen LogP contribution in [-0.2, 0) is 11.7 Å². The molecule has 24 heavy (non-hydrogen) atoms. The van der Waals surface area contributed by atoms with Gasteiger partial charge in [-0.1, -0.05) is 0 Å². The molecule has 2 atom stereocenters. The van der Waals surface area contributed by atoms with E-state index in [4.69, 9.17) is 0 Å². The van der Waals surface area contributed by atoms with Crippen molar-refractivity contribution in [2.24, 2.45) is 0 Å². The third kappa shape index (κ3) is 2.71. The largest absolute Gasteiger partial charge is 0.431 e. The molecule has 0 spiro atoms. The molecule has 0 amide bonds. The summed E-state index contributed by atoms with van der Waals surface area (Å²) in [4.78, 5) is 1.64. The summed E-state index contributed by atoms with van der Waals surface area (Å²) in [6.07, 6.45) is -7.47. The van der Waals surface area contributed by atoms with E-state index in [9.17, 15) is 28.5 Å². The molecule has 0 bridgehead atoms. The van der Waals surface area contributed by atoms with Gasteiger partial charge in [-0.15, -0.1) is 0 Å². The number of rotatable bonds is 2. The maximum Gasteiger partial charge on any atom is 0.431 e. The van der Waals surface area contributed by atoms with Gasteiger partial charge in [0.25, 0.3) is 0 Å². The van der Waals surface area contributed by atoms with Crippen LogP contribution in [0.15, 0.2) is 30.0 Å². The molecule has 129 valence electrons. The summed E-state index contributed by atoms with van der Waals surface area (Å²) in [5, 5.41) is 32.0. The first kappa shape index (κ1) is 17.0. The average molecular weight is 360 g/mol. The second-order valence-corrected chi connectivity index (χ2v) is 6.09. The van der Waals surface area contributed by atoms with Crippen molar-refractivity contribution in [1.29, 1.82) is 0 Å². The summed E-state index contributed by atoms with van der Waals surface area (Å²) in [7, 11) is 1.08. The number of nitrogens with zero attached hydrogens (tertiary/aromatic N) is 3. The van der Waals surface area contributed by atoms with Crippen LogP contribution in [-0.4, -0.2) is 45.3 Å². The number of hydrogen-bond acceptors (Lipinski definition) is 6. The van der Waals surface area contributed by atoms with Gasteiger partial charge in [0.2, 0.25) is 6.35 Å². The van der Waals surface area contributed by atoms with Crippen LogP contribution < -0.4 is 4.90 Å². The lowest BCUT2D eigenvalue weighted by atomic mass is 10.1. The zero-order chi connectivity index (χ0) is 17.6. The fourth-order valence-corrected chi connectivity index (χ4v) is 3.37. The number of allylic oxidation sites excluding steroid dienone is 1. The summed E-state index contributed by atoms with van der Waals surface area (Å²) >= 11 is 1.14. The Morgan fingerprint density at radius 3 is 2.67 bits per heavy atom. The highest BCUT2D eigenvalue weighted by Gasteiger charge is 2.44. The Morgan fingerprint density at radius 2 is 2.04 bits per heavy atom. The number of halogens is 3. The van der Waals surface area contributed by atoms with Crippen molar-refractivity contribution >= 4 is 27.3 Å². The number of anilines is 1. The molecule has 1 aliphatic heterocycles. The summed E-state index contributed by atoms with van der Waals surface area (Å²) in [5.74, 6) is 0. The van der Waals surface area contributed by atoms with Crippen molar-refractivity contribution in [3.63, 3.8) is 0 Å². The molecule has 2 aromatic rings. The zero-order valence-electron chi connectivity index (χ0n) is 12.4. The number of aliphatic hydroxyl groups excluding tert-OH is 2. The van der Waals surface area contributed by atoms with Crippen molar-refractivity contribution in [2.45, 2.75) is 25.4 Å². The fourth-order valence-electron chi connectivity index (χ4n) is 2.61. The molecule has 0 saturated carbocycles. The Morgan fingerprint density at radius 1 is 1.33 bits per heavy atom. The van der Waals surface area contributed by atoms with Crippen molar-refractivity contribution in [3.05, 3.63) is 35.7 Å². The zero-order valence-corrected chi connectivity index (χ0v) is 13.2. The van der Waals surface area contributed by atoms with E-state index in [1.165, 1.54) is 6.07 Å². The van der Waals surface area contributed by atoms with Gasteiger partial charge in [0.05, 0.1) is 10.4 Å². The minimum absolute atomic E-state index is 0.279. The molecule has 3 rings (SSSR count). The normalized spacial score (nSPS) is 22.2. The van der Waals surface area contributed by atoms with E-state index in [1.54, 1.807) is 12.1 Å². The van der Waals surface area contributed by atoms with Crippen LogP contribution >= 0.6 is 11.5 Å². The van der Waals surface area contributed by atoms with E-state index in [0.717, 1.165) is 28.2 Å². The number of hydrogen-bond donors (Lipinski definition) is 2. The summed E-state index contributed by atoms with van der Waals surface area (Å²) in [6.45, 7) is -0.535. The molecule has 2 unspecified atom stereocenters. The topological polar surface area (TPSA) is 79.7 Å². The minimum Gasteiger partial charge on any atom is -0.370 e. The van der Waals surface area contributed by atoms with Crippen molar-refractivity contribution in [3.8, 4) is 0 Å². The van der Waals surface area contributed by atoms with E-state index in [2.05, 4.69) is 4.37 Å². The van der Waals surface area contributed by atoms with Gasteiger partial charge in [-0.3, -0.25) is 4.90 Å². The molecular weight excluding hydrogens is 347 g/mol. The minimum atomic E-state index is -4.69. The first-order valence-electron chi connectivity index (χ1n) is 6.86. The van der Waals surface area contributed by atoms with Crippen LogP contribution in [0.3, 0.4) is 0 Å². The summed E-state index contributed by atoms with van der Waals surface area (Å²) in [6, 6.07) is 4.71. The first-order chi connectivity index (χ1) is 11.2. The van der Waals surface area contributed by atoms with Crippen molar-refractivity contribution < 1.29 is 28.5 Å². The second kappa shape index (κ2) is 5.88. The van der Waals surface area contributed by atoms with Gasteiger partial charge < -0.3 is 15.1 Å². The number of aliphatic hydroxyl groups is 2. The van der Waals surface area contributed by atoms with E-state index < -0.39 is 31.1 Å². The maximum atomic E-state index is 12.9. The molecule has 1 aromatic carbocycles. The monoisotopic (exact) mass is 360 g/mol. The molecule has 1 radical (unpaired) electrons. The molecule has 0 aliphatic carbocycles. The van der Waals surface area contributed by atoms with Crippen LogP contribution in [0.4, 0.5) is 18.9 Å². The van der Waals surface area contributed by atoms with Gasteiger partial charge in [-0.05, 0) is 35.8 Å². The van der Waals surface area contributed by atoms with E-state index >= 15 is 0 Å². The standard InChI is InChI=1S/C14H13F3N3O3S/c1-19-11(14(15,16)17)5-12(22)20(13(19)23)7-2-3-10-8(4-7)9(6-21)18-24-10/h2-5,12-13,22-23H,6H2,1H3. The second-order valence-electron chi connectivity index (χ2n) is 5.28. The average Bonchev–Trinajstić information content (AvgIpc) is 2.92. The van der Waals surface area contributed by atoms with Crippen LogP contribution in [0, 0.1) is 0 Å². The Hall–Kier alpha value is -1.88. The van der Waals surface area contributed by atoms with Crippen LogP contribution in [0.1, 0.15) is 5.69 Å². The molecule has 0 fully saturated rings. The lowest BCUT2D eigenvalue weighted by molar-refractivity contribution is -0.133. The molecule has 1 aromatic heterocycles. The van der Waals surface area contributed by atoms with Crippen LogP contribution in [0.2, 0.25) is 0 Å². The highest BCUT2D eigenvalue weighted by atomic mass is 32.1. The Bertz CT molecular complexity index is 792. The Kier molecular flexibility index (Phi) is 4.16. The van der Waals surface area contributed by atoms with E-state index in [1.807, 2.05) is 0 Å². The molecule has 10 heteroatoms. The lowest BCUT2D eigenvalue weighted by Gasteiger charge is -2.43. The fraction of sp³-hybridized carbons (Fsp3) is 0.357. The SMILES string of the molecule is CN1C(C(F)(F)F)=CC(O)N(c2ccc3snc(C[O])c3c2)C1O. The number of aromatic nitrogens is 1. The van der Waals surface area contributed by atoms with Crippen LogP contribution in [0.5, 0.6) is 0 Å². The molecule has 0 saturated heterocycles. The first-order valence-corrected chi connectivity index (χ1v) is 7.64. The highest BCUT2D eigenvalue weighted by molar-refractivity contribution is 7.13. The Labute approximate surface area is 138 Å². The van der Waals surface area contributed by atoms with E-state index in [-0.39, 0.29) is 5.69 Å². The molecule has 2 N–H and O–H groups in total. The van der Waals surface area contributed by atoms with E-state index in [0.29, 0.717) is 22.1 Å². The molecular formula is C14H13F3N3O3S.